The molecule has 19 heteroatoms. The topological polar surface area (TPSA) is 186 Å². The van der Waals surface area contributed by atoms with E-state index in [4.69, 9.17) is 12.2 Å². The number of pyridine rings is 1. The van der Waals surface area contributed by atoms with Crippen molar-refractivity contribution in [2.24, 2.45) is 0 Å². The third-order valence-electron chi connectivity index (χ3n) is 4.83. The first kappa shape index (κ1) is 31.6. The van der Waals surface area contributed by atoms with Crippen LogP contribution in [0.4, 0.5) is 0 Å². The van der Waals surface area contributed by atoms with Crippen LogP contribution in [0.5, 0.6) is 0 Å². The van der Waals surface area contributed by atoms with Crippen molar-refractivity contribution in [2.45, 2.75) is 28.9 Å². The second-order valence-corrected chi connectivity index (χ2v) is 11.1. The molecule has 2 aliphatic heterocycles. The average Bonchev–Trinajstić information content (AvgIpc) is 3.21. The van der Waals surface area contributed by atoms with E-state index < -0.39 is 39.3 Å². The van der Waals surface area contributed by atoms with E-state index in [1.807, 2.05) is 12.1 Å². The van der Waals surface area contributed by atoms with Crippen molar-refractivity contribution in [1.29, 1.82) is 0 Å². The summed E-state index contributed by atoms with van der Waals surface area (Å²) in [5, 5.41) is 24.9. The van der Waals surface area contributed by atoms with Gasteiger partial charge in [0.25, 0.3) is 5.91 Å². The van der Waals surface area contributed by atoms with Crippen molar-refractivity contribution in [3.63, 3.8) is 0 Å². The van der Waals surface area contributed by atoms with Gasteiger partial charge in [0, 0.05) is 30.3 Å². The van der Waals surface area contributed by atoms with Crippen LogP contribution < -0.4 is 69.5 Å². The van der Waals surface area contributed by atoms with Crippen LogP contribution >= 0.6 is 35.7 Å². The fourth-order valence-electron chi connectivity index (χ4n) is 3.38. The molecule has 1 fully saturated rings. The number of nitrogens with zero attached hydrogens (tertiary/aromatic N) is 6. The molecule has 4 rings (SSSR count). The van der Waals surface area contributed by atoms with Crippen molar-refractivity contribution in [2.75, 3.05) is 11.5 Å². The number of rotatable bonds is 9. The summed E-state index contributed by atoms with van der Waals surface area (Å²) in [5.41, 5.74) is 1.07. The van der Waals surface area contributed by atoms with Crippen LogP contribution in [-0.2, 0) is 32.0 Å². The van der Waals surface area contributed by atoms with Crippen LogP contribution in [0.1, 0.15) is 5.56 Å². The molecular formula is C17H15N7Na2O6S4. The van der Waals surface area contributed by atoms with Gasteiger partial charge in [-0.2, -0.15) is 0 Å². The Bertz CT molecular complexity index is 1280. The van der Waals surface area contributed by atoms with Crippen LogP contribution in [0.3, 0.4) is 0 Å². The molecule has 13 nitrogen and oxygen atoms in total. The van der Waals surface area contributed by atoms with Gasteiger partial charge in [-0.25, -0.2) is 13.1 Å². The number of amides is 1. The molecule has 0 aromatic carbocycles. The average molecular weight is 588 g/mol. The number of carboxylic acids is 1. The third-order valence-corrected chi connectivity index (χ3v) is 8.03. The van der Waals surface area contributed by atoms with Gasteiger partial charge in [-0.15, -0.1) is 16.9 Å². The molecule has 0 radical (unpaired) electrons. The maximum atomic E-state index is 12.8. The molecule has 1 amide bonds. The van der Waals surface area contributed by atoms with Gasteiger partial charge in [0.15, 0.2) is 0 Å². The molecule has 4 heterocycles. The van der Waals surface area contributed by atoms with Crippen LogP contribution in [0, 0.1) is 0 Å². The van der Waals surface area contributed by atoms with Crippen molar-refractivity contribution < 1.29 is 86.8 Å². The zero-order chi connectivity index (χ0) is 24.5. The molecule has 0 spiro atoms. The summed E-state index contributed by atoms with van der Waals surface area (Å²) in [6, 6.07) is 2.95. The molecule has 2 aromatic heterocycles. The Morgan fingerprint density at radius 1 is 1.31 bits per heavy atom. The largest absolute Gasteiger partial charge is 1.00 e. The summed E-state index contributed by atoms with van der Waals surface area (Å²) in [5.74, 6) is -2.58. The van der Waals surface area contributed by atoms with Crippen molar-refractivity contribution in [3.05, 3.63) is 41.4 Å². The Morgan fingerprint density at radius 2 is 2.00 bits per heavy atom. The predicted molar refractivity (Wildman–Crippen MR) is 121 cm³/mol. The number of carboxylic acid groups (broad SMARTS) is 1. The second kappa shape index (κ2) is 13.5. The van der Waals surface area contributed by atoms with E-state index in [0.717, 1.165) is 26.9 Å². The molecule has 1 N–H and O–H groups in total. The fourth-order valence-corrected chi connectivity index (χ4v) is 6.59. The normalized spacial score (nSPS) is 18.9. The Hall–Kier alpha value is -0.600. The number of hydrogen-bond donors (Lipinski definition) is 1. The van der Waals surface area contributed by atoms with E-state index in [2.05, 4.69) is 25.8 Å². The van der Waals surface area contributed by atoms with Gasteiger partial charge in [-0.1, -0.05) is 24.0 Å². The van der Waals surface area contributed by atoms with E-state index >= 15 is 0 Å². The summed E-state index contributed by atoms with van der Waals surface area (Å²) in [7, 11) is -4.62. The quantitative estimate of drug-likeness (QED) is 0.0958. The standard InChI is InChI=1S/C17H17N7O6S4.2Na/c25-14-12(19-11(31)5-9-1-3-18-4-2-9)15-24(14)13(16(26)27)10(6-32-15)7-33-17-20-21-22-23(17)8-34(28,29)30;;/h1-4,12,15H,5-8H2,(H,19,31)(H,26,27)(H,28,29,30);;/q;2*+1/p-2/t12?,15-;;/m1../s1. The molecule has 1 saturated heterocycles. The minimum atomic E-state index is -4.62. The third kappa shape index (κ3) is 7.49. The number of hydrogen-bond acceptors (Lipinski definition) is 13. The van der Waals surface area contributed by atoms with Gasteiger partial charge in [0.1, 0.15) is 27.4 Å². The smallest absolute Gasteiger partial charge is 0.747 e. The van der Waals surface area contributed by atoms with Gasteiger partial charge in [-0.05, 0) is 33.7 Å². The van der Waals surface area contributed by atoms with Crippen molar-refractivity contribution >= 4 is 62.7 Å². The summed E-state index contributed by atoms with van der Waals surface area (Å²) >= 11 is 7.66. The first-order chi connectivity index (χ1) is 16.1. The number of fused-ring (bicyclic) bond motifs is 1. The summed E-state index contributed by atoms with van der Waals surface area (Å²) in [6.07, 6.45) is 3.69. The maximum Gasteiger partial charge on any atom is 1.00 e. The first-order valence-electron chi connectivity index (χ1n) is 9.53. The molecule has 36 heavy (non-hydrogen) atoms. The molecule has 0 bridgehead atoms. The molecule has 0 saturated carbocycles. The summed E-state index contributed by atoms with van der Waals surface area (Å²) in [6.45, 7) is 0. The number of aromatic nitrogens is 5. The molecule has 0 aliphatic carbocycles. The van der Waals surface area contributed by atoms with Gasteiger partial charge >= 0.3 is 59.1 Å². The number of carbonyl (C=O) groups is 2. The van der Waals surface area contributed by atoms with Gasteiger partial charge < -0.3 is 19.8 Å². The molecule has 2 atom stereocenters. The predicted octanol–water partition coefficient (Wildman–Crippen LogP) is -7.88. The van der Waals surface area contributed by atoms with Crippen LogP contribution in [0.2, 0.25) is 0 Å². The number of β-lactam (4-membered cyclic amide) rings is 1. The Balaban J connectivity index is 0.00000228. The van der Waals surface area contributed by atoms with E-state index in [0.29, 0.717) is 17.0 Å². The monoisotopic (exact) mass is 587 g/mol. The minimum Gasteiger partial charge on any atom is -0.747 e. The van der Waals surface area contributed by atoms with E-state index in [9.17, 15) is 27.7 Å². The van der Waals surface area contributed by atoms with E-state index in [1.54, 1.807) is 12.4 Å². The molecule has 180 valence electrons. The zero-order valence-corrected chi connectivity index (χ0v) is 26.3. The number of tetrazole rings is 1. The Kier molecular flexibility index (Phi) is 11.8. The zero-order valence-electron chi connectivity index (χ0n) is 19.1. The molecule has 2 aliphatic rings. The van der Waals surface area contributed by atoms with Crippen molar-refractivity contribution in [1.82, 2.24) is 35.4 Å². The fraction of sp³-hybridized carbons (Fsp3) is 0.353. The molecule has 1 unspecified atom stereocenters. The number of thioether (sulfide) groups is 2. The SMILES string of the molecule is O=C([O-])C1=C(CSc2nnnn2CS(=O)(=O)[O-])CS[C@@H]2C(NC(=S)Cc3ccncc3)C(=O)N12.[Na+].[Na+]. The number of nitrogens with one attached hydrogen (secondary N) is 1. The van der Waals surface area contributed by atoms with E-state index in [-0.39, 0.29) is 81.5 Å². The number of carbonyl (C=O) groups excluding carboxylic acids is 2. The van der Waals surface area contributed by atoms with Crippen LogP contribution in [-0.4, -0.2) is 82.8 Å². The Morgan fingerprint density at radius 3 is 2.64 bits per heavy atom. The first-order valence-corrected chi connectivity index (χ1v) is 13.5. The maximum absolute atomic E-state index is 12.8. The van der Waals surface area contributed by atoms with Crippen LogP contribution in [0.15, 0.2) is 41.0 Å². The summed E-state index contributed by atoms with van der Waals surface area (Å²) in [4.78, 5) is 30.2. The van der Waals surface area contributed by atoms with Crippen LogP contribution in [0.25, 0.3) is 0 Å². The van der Waals surface area contributed by atoms with E-state index in [1.165, 1.54) is 11.8 Å². The van der Waals surface area contributed by atoms with Crippen molar-refractivity contribution in [3.8, 4) is 0 Å². The number of aliphatic carboxylic acids is 1. The van der Waals surface area contributed by atoms with Gasteiger partial charge in [0.05, 0.1) is 16.7 Å². The van der Waals surface area contributed by atoms with Gasteiger partial charge in [-0.3, -0.25) is 14.7 Å². The minimum absolute atomic E-state index is 0. The summed E-state index contributed by atoms with van der Waals surface area (Å²) < 4.78 is 33.8. The Labute approximate surface area is 263 Å². The molecule has 2 aromatic rings. The second-order valence-electron chi connectivity index (χ2n) is 7.16. The van der Waals surface area contributed by atoms with Gasteiger partial charge in [0.2, 0.25) is 5.16 Å². The molecular weight excluding hydrogens is 572 g/mol. The number of thiocarbonyl (C=S) groups is 1.